The molecule has 0 radical (unpaired) electrons. The van der Waals surface area contributed by atoms with Gasteiger partial charge in [-0.3, -0.25) is 4.68 Å². The Morgan fingerprint density at radius 3 is 2.46 bits per heavy atom. The van der Waals surface area contributed by atoms with E-state index in [2.05, 4.69) is 49.9 Å². The van der Waals surface area contributed by atoms with E-state index in [1.807, 2.05) is 12.1 Å². The summed E-state index contributed by atoms with van der Waals surface area (Å²) in [4.78, 5) is 4.03. The number of benzene rings is 1. The molecule has 1 N–H and O–H groups in total. The van der Waals surface area contributed by atoms with Crippen molar-refractivity contribution < 1.29 is 5.11 Å². The number of aromatic nitrogens is 3. The lowest BCUT2D eigenvalue weighted by Gasteiger charge is -2.49. The maximum Gasteiger partial charge on any atom is 0.137 e. The first-order valence-corrected chi connectivity index (χ1v) is 8.88. The van der Waals surface area contributed by atoms with Gasteiger partial charge >= 0.3 is 0 Å². The zero-order chi connectivity index (χ0) is 17.6. The largest absolute Gasteiger partial charge is 0.387 e. The van der Waals surface area contributed by atoms with Crippen LogP contribution in [0.5, 0.6) is 0 Å². The Morgan fingerprint density at radius 2 is 1.88 bits per heavy atom. The van der Waals surface area contributed by atoms with E-state index in [4.69, 9.17) is 11.6 Å². The normalized spacial score (nSPS) is 30.4. The van der Waals surface area contributed by atoms with Gasteiger partial charge in [-0.2, -0.15) is 5.10 Å². The van der Waals surface area contributed by atoms with Gasteiger partial charge in [-0.15, -0.1) is 0 Å². The molecule has 1 aliphatic rings. The molecule has 1 saturated carbocycles. The molecule has 0 spiro atoms. The van der Waals surface area contributed by atoms with Gasteiger partial charge in [0, 0.05) is 10.4 Å². The fraction of sp³-hybridized carbons (Fsp3) is 0.579. The van der Waals surface area contributed by atoms with Crippen molar-refractivity contribution >= 4 is 11.6 Å². The quantitative estimate of drug-likeness (QED) is 0.897. The van der Waals surface area contributed by atoms with Crippen LogP contribution in [0.25, 0.3) is 0 Å². The smallest absolute Gasteiger partial charge is 0.137 e. The lowest BCUT2D eigenvalue weighted by Crippen LogP contribution is -2.55. The van der Waals surface area contributed by atoms with Crippen molar-refractivity contribution in [3.05, 3.63) is 47.5 Å². The molecule has 0 amide bonds. The summed E-state index contributed by atoms with van der Waals surface area (Å²) in [6, 6.07) is 7.99. The predicted octanol–water partition coefficient (Wildman–Crippen LogP) is 4.29. The predicted molar refractivity (Wildman–Crippen MR) is 96.0 cm³/mol. The molecule has 3 unspecified atom stereocenters. The van der Waals surface area contributed by atoms with Gasteiger partial charge in [0.1, 0.15) is 12.7 Å². The van der Waals surface area contributed by atoms with Crippen molar-refractivity contribution in [1.29, 1.82) is 0 Å². The Kier molecular flexibility index (Phi) is 4.25. The molecular weight excluding hydrogens is 322 g/mol. The minimum Gasteiger partial charge on any atom is -0.387 e. The molecule has 24 heavy (non-hydrogen) atoms. The summed E-state index contributed by atoms with van der Waals surface area (Å²) in [6.07, 6.45) is 5.15. The molecule has 1 heterocycles. The van der Waals surface area contributed by atoms with Crippen LogP contribution in [0.15, 0.2) is 36.9 Å². The highest BCUT2D eigenvalue weighted by molar-refractivity contribution is 6.30. The molecule has 130 valence electrons. The molecule has 2 aromatic rings. The van der Waals surface area contributed by atoms with Crippen LogP contribution in [0.1, 0.15) is 52.0 Å². The summed E-state index contributed by atoms with van der Waals surface area (Å²) in [5.74, 6) is 0.199. The summed E-state index contributed by atoms with van der Waals surface area (Å²) in [6.45, 7) is 9.18. The minimum absolute atomic E-state index is 0.199. The van der Waals surface area contributed by atoms with E-state index in [-0.39, 0.29) is 16.7 Å². The number of hydrogen-bond donors (Lipinski definition) is 1. The molecule has 3 rings (SSSR count). The lowest BCUT2D eigenvalue weighted by atomic mass is 9.60. The fourth-order valence-corrected chi connectivity index (χ4v) is 4.52. The van der Waals surface area contributed by atoms with Gasteiger partial charge in [0.05, 0.1) is 12.1 Å². The molecule has 1 aromatic carbocycles. The van der Waals surface area contributed by atoms with E-state index < -0.39 is 5.60 Å². The van der Waals surface area contributed by atoms with E-state index in [0.29, 0.717) is 6.54 Å². The molecule has 1 aromatic heterocycles. The van der Waals surface area contributed by atoms with E-state index in [9.17, 15) is 5.11 Å². The number of aliphatic hydroxyl groups is 1. The Labute approximate surface area is 148 Å². The first-order valence-electron chi connectivity index (χ1n) is 8.50. The monoisotopic (exact) mass is 347 g/mol. The highest BCUT2D eigenvalue weighted by Crippen LogP contribution is 2.62. The van der Waals surface area contributed by atoms with Crippen molar-refractivity contribution in [1.82, 2.24) is 14.8 Å². The third-order valence-electron chi connectivity index (χ3n) is 6.52. The van der Waals surface area contributed by atoms with Gasteiger partial charge in [0.2, 0.25) is 0 Å². The van der Waals surface area contributed by atoms with Crippen LogP contribution in [-0.4, -0.2) is 25.5 Å². The summed E-state index contributed by atoms with van der Waals surface area (Å²) in [5, 5.41) is 16.8. The maximum atomic E-state index is 11.9. The topological polar surface area (TPSA) is 50.9 Å². The van der Waals surface area contributed by atoms with Crippen molar-refractivity contribution in [2.75, 3.05) is 0 Å². The molecule has 1 fully saturated rings. The number of halogens is 1. The van der Waals surface area contributed by atoms with Crippen LogP contribution in [0.3, 0.4) is 0 Å². The molecule has 0 aliphatic heterocycles. The first-order chi connectivity index (χ1) is 11.2. The number of rotatable bonds is 4. The van der Waals surface area contributed by atoms with Gasteiger partial charge in [-0.1, -0.05) is 51.4 Å². The molecular formula is C19H26ClN3O. The van der Waals surface area contributed by atoms with E-state index in [1.54, 1.807) is 11.0 Å². The number of nitrogens with zero attached hydrogens (tertiary/aromatic N) is 3. The zero-order valence-electron chi connectivity index (χ0n) is 14.8. The Morgan fingerprint density at radius 1 is 1.21 bits per heavy atom. The van der Waals surface area contributed by atoms with Crippen LogP contribution in [0.4, 0.5) is 0 Å². The standard InChI is InChI=1S/C19H26ClN3O/c1-14(15-5-7-16(20)8-6-15)18(4)10-9-17(2,3)19(18,24)11-23-13-21-12-22-23/h5-8,12-14,24H,9-11H2,1-4H3. The van der Waals surface area contributed by atoms with Crippen molar-refractivity contribution in [2.24, 2.45) is 10.8 Å². The van der Waals surface area contributed by atoms with E-state index >= 15 is 0 Å². The zero-order valence-corrected chi connectivity index (χ0v) is 15.6. The number of hydrogen-bond acceptors (Lipinski definition) is 3. The maximum absolute atomic E-state index is 11.9. The third-order valence-corrected chi connectivity index (χ3v) is 6.77. The van der Waals surface area contributed by atoms with Crippen molar-refractivity contribution in [3.63, 3.8) is 0 Å². The van der Waals surface area contributed by atoms with Gasteiger partial charge < -0.3 is 5.11 Å². The van der Waals surface area contributed by atoms with Crippen LogP contribution >= 0.6 is 11.6 Å². The van der Waals surface area contributed by atoms with Crippen LogP contribution in [-0.2, 0) is 6.54 Å². The van der Waals surface area contributed by atoms with Gasteiger partial charge in [0.15, 0.2) is 0 Å². The van der Waals surface area contributed by atoms with Gasteiger partial charge in [-0.25, -0.2) is 4.98 Å². The molecule has 0 saturated heterocycles. The second kappa shape index (κ2) is 5.85. The molecule has 5 heteroatoms. The molecule has 0 bridgehead atoms. The Bertz CT molecular complexity index is 698. The average Bonchev–Trinajstić information content (AvgIpc) is 3.10. The average molecular weight is 348 g/mol. The van der Waals surface area contributed by atoms with Gasteiger partial charge in [-0.05, 0) is 41.9 Å². The highest BCUT2D eigenvalue weighted by atomic mass is 35.5. The second-order valence-corrected chi connectivity index (χ2v) is 8.46. The molecule has 4 nitrogen and oxygen atoms in total. The summed E-state index contributed by atoms with van der Waals surface area (Å²) < 4.78 is 1.75. The van der Waals surface area contributed by atoms with E-state index in [1.165, 1.54) is 11.9 Å². The van der Waals surface area contributed by atoms with Crippen LogP contribution in [0.2, 0.25) is 5.02 Å². The second-order valence-electron chi connectivity index (χ2n) is 8.03. The van der Waals surface area contributed by atoms with E-state index in [0.717, 1.165) is 17.9 Å². The minimum atomic E-state index is -0.882. The van der Waals surface area contributed by atoms with Crippen LogP contribution in [0, 0.1) is 10.8 Å². The highest BCUT2D eigenvalue weighted by Gasteiger charge is 2.63. The van der Waals surface area contributed by atoms with Gasteiger partial charge in [0.25, 0.3) is 0 Å². The fourth-order valence-electron chi connectivity index (χ4n) is 4.40. The molecule has 3 atom stereocenters. The first kappa shape index (κ1) is 17.4. The summed E-state index contributed by atoms with van der Waals surface area (Å²) in [5.41, 5.74) is -0.145. The summed E-state index contributed by atoms with van der Waals surface area (Å²) >= 11 is 6.04. The van der Waals surface area contributed by atoms with Crippen molar-refractivity contribution in [2.45, 2.75) is 58.6 Å². The van der Waals surface area contributed by atoms with Crippen molar-refractivity contribution in [3.8, 4) is 0 Å². The Hall–Kier alpha value is -1.39. The Balaban J connectivity index is 2.01. The van der Waals surface area contributed by atoms with Crippen LogP contribution < -0.4 is 0 Å². The lowest BCUT2D eigenvalue weighted by molar-refractivity contribution is -0.138. The third kappa shape index (κ3) is 2.56. The molecule has 1 aliphatic carbocycles. The summed E-state index contributed by atoms with van der Waals surface area (Å²) in [7, 11) is 0. The SMILES string of the molecule is CC(c1ccc(Cl)cc1)C1(C)CCC(C)(C)C1(O)Cn1cncn1.